The molecule has 0 fully saturated rings. The lowest BCUT2D eigenvalue weighted by Crippen LogP contribution is -2.42. The first-order chi connectivity index (χ1) is 7.56. The zero-order valence-electron chi connectivity index (χ0n) is 8.58. The third-order valence-corrected chi connectivity index (χ3v) is 2.57. The van der Waals surface area contributed by atoms with Crippen molar-refractivity contribution in [2.45, 2.75) is 13.0 Å². The number of aromatic nitrogens is 2. The first-order valence-electron chi connectivity index (χ1n) is 4.91. The third kappa shape index (κ3) is 2.03. The SMILES string of the molecule is NC(=O)CN1CCc2[nH]c(=O)[nH]c(=O)c2C1. The molecule has 0 atom stereocenters. The second kappa shape index (κ2) is 3.93. The maximum absolute atomic E-state index is 11.5. The van der Waals surface area contributed by atoms with Gasteiger partial charge in [0.25, 0.3) is 5.56 Å². The number of nitrogens with zero attached hydrogens (tertiary/aromatic N) is 1. The Morgan fingerprint density at radius 2 is 2.12 bits per heavy atom. The van der Waals surface area contributed by atoms with Crippen molar-refractivity contribution in [3.05, 3.63) is 32.1 Å². The molecule has 0 spiro atoms. The van der Waals surface area contributed by atoms with E-state index in [0.717, 1.165) is 0 Å². The molecule has 2 heterocycles. The van der Waals surface area contributed by atoms with Gasteiger partial charge in [-0.2, -0.15) is 0 Å². The first-order valence-corrected chi connectivity index (χ1v) is 4.91. The summed E-state index contributed by atoms with van der Waals surface area (Å²) in [6, 6.07) is 0. The normalized spacial score (nSPS) is 15.8. The molecule has 7 nitrogen and oxygen atoms in total. The Labute approximate surface area is 90.3 Å². The molecule has 16 heavy (non-hydrogen) atoms. The third-order valence-electron chi connectivity index (χ3n) is 2.57. The van der Waals surface area contributed by atoms with Crippen LogP contribution in [0.2, 0.25) is 0 Å². The van der Waals surface area contributed by atoms with Crippen LogP contribution in [0.3, 0.4) is 0 Å². The Balaban J connectivity index is 2.30. The number of nitrogens with one attached hydrogen (secondary N) is 2. The van der Waals surface area contributed by atoms with E-state index in [2.05, 4.69) is 9.97 Å². The van der Waals surface area contributed by atoms with E-state index < -0.39 is 17.2 Å². The van der Waals surface area contributed by atoms with Gasteiger partial charge in [-0.25, -0.2) is 4.79 Å². The molecule has 1 aliphatic heterocycles. The summed E-state index contributed by atoms with van der Waals surface area (Å²) < 4.78 is 0. The summed E-state index contributed by atoms with van der Waals surface area (Å²) in [6.45, 7) is 1.07. The fourth-order valence-electron chi connectivity index (χ4n) is 1.87. The van der Waals surface area contributed by atoms with Gasteiger partial charge in [-0.1, -0.05) is 0 Å². The van der Waals surface area contributed by atoms with Gasteiger partial charge in [-0.05, 0) is 0 Å². The molecule has 0 saturated heterocycles. The minimum absolute atomic E-state index is 0.123. The van der Waals surface area contributed by atoms with Gasteiger partial charge in [0.05, 0.1) is 12.1 Å². The van der Waals surface area contributed by atoms with Gasteiger partial charge in [0.1, 0.15) is 0 Å². The van der Waals surface area contributed by atoms with Crippen molar-refractivity contribution in [2.75, 3.05) is 13.1 Å². The lowest BCUT2D eigenvalue weighted by Gasteiger charge is -2.26. The van der Waals surface area contributed by atoms with E-state index in [-0.39, 0.29) is 6.54 Å². The molecule has 0 bridgehead atoms. The minimum atomic E-state index is -0.493. The average molecular weight is 224 g/mol. The number of rotatable bonds is 2. The van der Waals surface area contributed by atoms with Gasteiger partial charge in [-0.15, -0.1) is 0 Å². The molecule has 0 aliphatic carbocycles. The van der Waals surface area contributed by atoms with Crippen LogP contribution in [0, 0.1) is 0 Å². The van der Waals surface area contributed by atoms with Gasteiger partial charge < -0.3 is 10.7 Å². The van der Waals surface area contributed by atoms with E-state index >= 15 is 0 Å². The summed E-state index contributed by atoms with van der Waals surface area (Å²) in [5.74, 6) is -0.427. The van der Waals surface area contributed by atoms with Crippen molar-refractivity contribution in [3.63, 3.8) is 0 Å². The highest BCUT2D eigenvalue weighted by Crippen LogP contribution is 2.10. The van der Waals surface area contributed by atoms with Crippen LogP contribution in [-0.4, -0.2) is 33.9 Å². The average Bonchev–Trinajstić information content (AvgIpc) is 2.18. The zero-order chi connectivity index (χ0) is 11.7. The summed E-state index contributed by atoms with van der Waals surface area (Å²) in [5.41, 5.74) is 5.35. The Bertz CT molecular complexity index is 530. The van der Waals surface area contributed by atoms with Crippen LogP contribution < -0.4 is 17.0 Å². The highest BCUT2D eigenvalue weighted by atomic mass is 16.2. The smallest absolute Gasteiger partial charge is 0.325 e. The molecule has 0 saturated carbocycles. The summed E-state index contributed by atoms with van der Waals surface area (Å²) in [7, 11) is 0. The molecule has 1 aromatic rings. The number of hydrogen-bond acceptors (Lipinski definition) is 4. The second-order valence-corrected chi connectivity index (χ2v) is 3.79. The lowest BCUT2D eigenvalue weighted by atomic mass is 10.1. The Kier molecular flexibility index (Phi) is 2.61. The maximum atomic E-state index is 11.5. The predicted octanol–water partition coefficient (Wildman–Crippen LogP) is -2.09. The molecule has 4 N–H and O–H groups in total. The van der Waals surface area contributed by atoms with Crippen LogP contribution in [-0.2, 0) is 17.8 Å². The monoisotopic (exact) mass is 224 g/mol. The number of H-pyrrole nitrogens is 2. The van der Waals surface area contributed by atoms with Gasteiger partial charge in [0, 0.05) is 25.2 Å². The molecule has 86 valence electrons. The van der Waals surface area contributed by atoms with E-state index in [4.69, 9.17) is 5.73 Å². The van der Waals surface area contributed by atoms with E-state index in [1.54, 1.807) is 4.90 Å². The standard InChI is InChI=1S/C9H12N4O3/c10-7(14)4-13-2-1-6-5(3-13)8(15)12-9(16)11-6/h1-4H2,(H2,10,14)(H2,11,12,15,16). The molecule has 0 aromatic carbocycles. The van der Waals surface area contributed by atoms with Crippen LogP contribution in [0.25, 0.3) is 0 Å². The fourth-order valence-corrected chi connectivity index (χ4v) is 1.87. The molecule has 2 rings (SSSR count). The van der Waals surface area contributed by atoms with Gasteiger partial charge in [0.15, 0.2) is 0 Å². The van der Waals surface area contributed by atoms with E-state index in [1.807, 2.05) is 0 Å². The van der Waals surface area contributed by atoms with Gasteiger partial charge >= 0.3 is 5.69 Å². The summed E-state index contributed by atoms with van der Waals surface area (Å²) in [4.78, 5) is 39.8. The van der Waals surface area contributed by atoms with E-state index in [0.29, 0.717) is 30.8 Å². The van der Waals surface area contributed by atoms with Crippen molar-refractivity contribution >= 4 is 5.91 Å². The number of primary amides is 1. The van der Waals surface area contributed by atoms with Gasteiger partial charge in [0.2, 0.25) is 5.91 Å². The van der Waals surface area contributed by atoms with E-state index in [1.165, 1.54) is 0 Å². The number of nitrogens with two attached hydrogens (primary N) is 1. The van der Waals surface area contributed by atoms with Crippen LogP contribution >= 0.6 is 0 Å². The summed E-state index contributed by atoms with van der Waals surface area (Å²) >= 11 is 0. The van der Waals surface area contributed by atoms with Crippen molar-refractivity contribution in [2.24, 2.45) is 5.73 Å². The van der Waals surface area contributed by atoms with Crippen molar-refractivity contribution < 1.29 is 4.79 Å². The largest absolute Gasteiger partial charge is 0.369 e. The minimum Gasteiger partial charge on any atom is -0.369 e. The second-order valence-electron chi connectivity index (χ2n) is 3.79. The molecule has 1 amide bonds. The molecule has 7 heteroatoms. The quantitative estimate of drug-likeness (QED) is 0.534. The molecule has 0 unspecified atom stereocenters. The molecule has 1 aliphatic rings. The summed E-state index contributed by atoms with van der Waals surface area (Å²) in [5, 5.41) is 0. The number of carbonyl (C=O) groups excluding carboxylic acids is 1. The number of amides is 1. The predicted molar refractivity (Wildman–Crippen MR) is 55.9 cm³/mol. The van der Waals surface area contributed by atoms with Crippen LogP contribution in [0.5, 0.6) is 0 Å². The number of carbonyl (C=O) groups is 1. The molecular weight excluding hydrogens is 212 g/mol. The van der Waals surface area contributed by atoms with Crippen LogP contribution in [0.1, 0.15) is 11.3 Å². The lowest BCUT2D eigenvalue weighted by molar-refractivity contribution is -0.119. The van der Waals surface area contributed by atoms with E-state index in [9.17, 15) is 14.4 Å². The number of aromatic amines is 2. The Morgan fingerprint density at radius 1 is 1.38 bits per heavy atom. The molecule has 0 radical (unpaired) electrons. The molecule has 1 aromatic heterocycles. The number of fused-ring (bicyclic) bond motifs is 1. The highest BCUT2D eigenvalue weighted by Gasteiger charge is 2.20. The number of hydrogen-bond donors (Lipinski definition) is 3. The molecular formula is C9H12N4O3. The Morgan fingerprint density at radius 3 is 2.81 bits per heavy atom. The highest BCUT2D eigenvalue weighted by molar-refractivity contribution is 5.75. The first kappa shape index (κ1) is 10.6. The Hall–Kier alpha value is -1.89. The van der Waals surface area contributed by atoms with Crippen molar-refractivity contribution in [1.82, 2.24) is 14.9 Å². The zero-order valence-corrected chi connectivity index (χ0v) is 8.58. The topological polar surface area (TPSA) is 112 Å². The van der Waals surface area contributed by atoms with Crippen LogP contribution in [0.4, 0.5) is 0 Å². The maximum Gasteiger partial charge on any atom is 0.325 e. The fraction of sp³-hybridized carbons (Fsp3) is 0.444. The van der Waals surface area contributed by atoms with Crippen molar-refractivity contribution in [1.29, 1.82) is 0 Å². The van der Waals surface area contributed by atoms with Gasteiger partial charge in [-0.3, -0.25) is 19.5 Å². The van der Waals surface area contributed by atoms with Crippen molar-refractivity contribution in [3.8, 4) is 0 Å². The summed E-state index contributed by atoms with van der Waals surface area (Å²) in [6.07, 6.45) is 0.543. The van der Waals surface area contributed by atoms with Crippen LogP contribution in [0.15, 0.2) is 9.59 Å².